The summed E-state index contributed by atoms with van der Waals surface area (Å²) in [6.45, 7) is 3.72. The minimum absolute atomic E-state index is 0.342. The molecule has 3 rings (SSSR count). The number of nitrogens with zero attached hydrogens (tertiary/aromatic N) is 2. The van der Waals surface area contributed by atoms with E-state index in [-0.39, 0.29) is 5.82 Å². The first kappa shape index (κ1) is 15.7. The molecule has 0 N–H and O–H groups in total. The first-order valence-corrected chi connectivity index (χ1v) is 7.52. The molecule has 118 valence electrons. The van der Waals surface area contributed by atoms with E-state index in [1.54, 1.807) is 42.6 Å². The van der Waals surface area contributed by atoms with Crippen LogP contribution in [0.15, 0.2) is 64.7 Å². The lowest BCUT2D eigenvalue weighted by molar-refractivity contribution is 0.601. The predicted molar refractivity (Wildman–Crippen MR) is 92.4 cm³/mol. The van der Waals surface area contributed by atoms with Gasteiger partial charge in [-0.2, -0.15) is 5.26 Å². The second kappa shape index (κ2) is 6.51. The molecule has 3 nitrogen and oxygen atoms in total. The highest BCUT2D eigenvalue weighted by molar-refractivity contribution is 5.90. The van der Waals surface area contributed by atoms with Crippen LogP contribution in [0.5, 0.6) is 0 Å². The Morgan fingerprint density at radius 1 is 1.29 bits per heavy atom. The van der Waals surface area contributed by atoms with Gasteiger partial charge in [-0.05, 0) is 43.7 Å². The molecular weight excluding hydrogens is 303 g/mol. The van der Waals surface area contributed by atoms with Gasteiger partial charge in [0.25, 0.3) is 0 Å². The Morgan fingerprint density at radius 3 is 2.79 bits per heavy atom. The maximum atomic E-state index is 14.0. The Balaban J connectivity index is 2.16. The molecule has 24 heavy (non-hydrogen) atoms. The Morgan fingerprint density at radius 2 is 2.08 bits per heavy atom. The van der Waals surface area contributed by atoms with Gasteiger partial charge in [0.1, 0.15) is 17.1 Å². The quantitative estimate of drug-likeness (QED) is 0.473. The summed E-state index contributed by atoms with van der Waals surface area (Å²) in [7, 11) is 0. The highest BCUT2D eigenvalue weighted by atomic mass is 19.1. The molecule has 3 aromatic rings. The lowest BCUT2D eigenvalue weighted by Gasteiger charge is -2.02. The summed E-state index contributed by atoms with van der Waals surface area (Å²) in [6, 6.07) is 12.1. The van der Waals surface area contributed by atoms with Gasteiger partial charge in [-0.1, -0.05) is 18.2 Å². The molecule has 0 amide bonds. The molecule has 0 bridgehead atoms. The van der Waals surface area contributed by atoms with E-state index >= 15 is 0 Å². The first-order valence-electron chi connectivity index (χ1n) is 7.52. The fourth-order valence-corrected chi connectivity index (χ4v) is 2.53. The van der Waals surface area contributed by atoms with E-state index in [0.717, 1.165) is 11.1 Å². The number of hydrogen-bond donors (Lipinski definition) is 0. The number of nitriles is 1. The van der Waals surface area contributed by atoms with Gasteiger partial charge in [0.2, 0.25) is 0 Å². The summed E-state index contributed by atoms with van der Waals surface area (Å²) in [5.41, 5.74) is 3.91. The highest BCUT2D eigenvalue weighted by Crippen LogP contribution is 2.32. The van der Waals surface area contributed by atoms with Crippen molar-refractivity contribution in [1.82, 2.24) is 4.98 Å². The monoisotopic (exact) mass is 318 g/mol. The molecule has 4 heteroatoms. The van der Waals surface area contributed by atoms with Crippen LogP contribution in [-0.2, 0) is 0 Å². The summed E-state index contributed by atoms with van der Waals surface area (Å²) in [4.78, 5) is 4.30. The highest BCUT2D eigenvalue weighted by Gasteiger charge is 2.14. The van der Waals surface area contributed by atoms with Gasteiger partial charge >= 0.3 is 0 Å². The summed E-state index contributed by atoms with van der Waals surface area (Å²) < 4.78 is 19.9. The molecule has 0 aliphatic carbocycles. The van der Waals surface area contributed by atoms with Crippen molar-refractivity contribution in [3.63, 3.8) is 0 Å². The van der Waals surface area contributed by atoms with Crippen molar-refractivity contribution in [3.8, 4) is 17.4 Å². The van der Waals surface area contributed by atoms with Crippen molar-refractivity contribution in [2.24, 2.45) is 0 Å². The SMILES string of the molecule is C/C=C(C#N)\C=C(/C)c1ccnc2cc(-c3ccccc3F)oc12. The minimum atomic E-state index is -0.342. The maximum absolute atomic E-state index is 14.0. The van der Waals surface area contributed by atoms with Crippen LogP contribution in [0, 0.1) is 17.1 Å². The number of fused-ring (bicyclic) bond motifs is 1. The van der Waals surface area contributed by atoms with Crippen molar-refractivity contribution in [3.05, 3.63) is 71.7 Å². The zero-order chi connectivity index (χ0) is 17.1. The van der Waals surface area contributed by atoms with Crippen LogP contribution in [0.3, 0.4) is 0 Å². The standard InChI is InChI=1S/C20H15FN2O/c1-3-14(12-22)10-13(2)15-8-9-23-18-11-19(24-20(15)18)16-6-4-5-7-17(16)21/h3-11H,1-2H3/b13-10+,14-3+. The van der Waals surface area contributed by atoms with E-state index in [9.17, 15) is 4.39 Å². The second-order valence-corrected chi connectivity index (χ2v) is 5.35. The fourth-order valence-electron chi connectivity index (χ4n) is 2.53. The Labute approximate surface area is 139 Å². The molecule has 0 fully saturated rings. The molecule has 0 unspecified atom stereocenters. The predicted octanol–water partition coefficient (Wildman–Crippen LogP) is 5.51. The molecule has 0 atom stereocenters. The van der Waals surface area contributed by atoms with E-state index < -0.39 is 0 Å². The molecule has 0 saturated carbocycles. The third kappa shape index (κ3) is 2.84. The van der Waals surface area contributed by atoms with Crippen molar-refractivity contribution in [2.75, 3.05) is 0 Å². The molecule has 0 radical (unpaired) electrons. The number of pyridine rings is 1. The van der Waals surface area contributed by atoms with Crippen molar-refractivity contribution in [2.45, 2.75) is 13.8 Å². The van der Waals surface area contributed by atoms with Gasteiger partial charge in [0, 0.05) is 23.4 Å². The van der Waals surface area contributed by atoms with E-state index in [2.05, 4.69) is 11.1 Å². The van der Waals surface area contributed by atoms with Crippen LogP contribution in [0.2, 0.25) is 0 Å². The number of hydrogen-bond acceptors (Lipinski definition) is 3. The van der Waals surface area contributed by atoms with E-state index in [0.29, 0.717) is 28.0 Å². The average molecular weight is 318 g/mol. The number of rotatable bonds is 3. The molecule has 0 spiro atoms. The third-order valence-corrected chi connectivity index (χ3v) is 3.79. The van der Waals surface area contributed by atoms with Crippen LogP contribution >= 0.6 is 0 Å². The van der Waals surface area contributed by atoms with Gasteiger partial charge in [0.15, 0.2) is 5.58 Å². The van der Waals surface area contributed by atoms with Gasteiger partial charge in [-0.25, -0.2) is 4.39 Å². The van der Waals surface area contributed by atoms with Crippen LogP contribution in [-0.4, -0.2) is 4.98 Å². The molecule has 0 aliphatic rings. The Hall–Kier alpha value is -3.19. The zero-order valence-corrected chi connectivity index (χ0v) is 13.4. The summed E-state index contributed by atoms with van der Waals surface area (Å²) in [5, 5.41) is 9.08. The molecular formula is C20H15FN2O. The topological polar surface area (TPSA) is 49.8 Å². The molecule has 2 heterocycles. The first-order chi connectivity index (χ1) is 11.6. The Bertz CT molecular complexity index is 1010. The van der Waals surface area contributed by atoms with Gasteiger partial charge < -0.3 is 4.42 Å². The zero-order valence-electron chi connectivity index (χ0n) is 13.4. The normalized spacial score (nSPS) is 12.4. The van der Waals surface area contributed by atoms with E-state index in [1.807, 2.05) is 19.9 Å². The third-order valence-electron chi connectivity index (χ3n) is 3.79. The van der Waals surface area contributed by atoms with E-state index in [1.165, 1.54) is 6.07 Å². The van der Waals surface area contributed by atoms with Gasteiger partial charge in [-0.3, -0.25) is 4.98 Å². The minimum Gasteiger partial charge on any atom is -0.454 e. The number of allylic oxidation sites excluding steroid dienone is 4. The van der Waals surface area contributed by atoms with Crippen molar-refractivity contribution < 1.29 is 8.81 Å². The molecule has 1 aromatic carbocycles. The largest absolute Gasteiger partial charge is 0.454 e. The fraction of sp³-hybridized carbons (Fsp3) is 0.100. The van der Waals surface area contributed by atoms with Crippen LogP contribution < -0.4 is 0 Å². The lowest BCUT2D eigenvalue weighted by atomic mass is 10.0. The van der Waals surface area contributed by atoms with E-state index in [4.69, 9.17) is 9.68 Å². The van der Waals surface area contributed by atoms with Crippen LogP contribution in [0.4, 0.5) is 4.39 Å². The van der Waals surface area contributed by atoms with Crippen molar-refractivity contribution in [1.29, 1.82) is 5.26 Å². The number of aromatic nitrogens is 1. The summed E-state index contributed by atoms with van der Waals surface area (Å²) in [6.07, 6.45) is 5.21. The van der Waals surface area contributed by atoms with Gasteiger partial charge in [0.05, 0.1) is 11.6 Å². The average Bonchev–Trinajstić information content (AvgIpc) is 3.03. The smallest absolute Gasteiger partial charge is 0.160 e. The lowest BCUT2D eigenvalue weighted by Crippen LogP contribution is -1.84. The van der Waals surface area contributed by atoms with Gasteiger partial charge in [-0.15, -0.1) is 0 Å². The number of benzene rings is 1. The van der Waals surface area contributed by atoms with Crippen molar-refractivity contribution >= 4 is 16.7 Å². The van der Waals surface area contributed by atoms with Crippen LogP contribution in [0.25, 0.3) is 28.0 Å². The number of halogens is 1. The summed E-state index contributed by atoms with van der Waals surface area (Å²) >= 11 is 0. The molecule has 0 aliphatic heterocycles. The molecule has 2 aromatic heterocycles. The Kier molecular flexibility index (Phi) is 4.26. The maximum Gasteiger partial charge on any atom is 0.160 e. The van der Waals surface area contributed by atoms with Crippen LogP contribution in [0.1, 0.15) is 19.4 Å². The number of furan rings is 1. The summed E-state index contributed by atoms with van der Waals surface area (Å²) in [5.74, 6) is 0.0912. The second-order valence-electron chi connectivity index (χ2n) is 5.35. The molecule has 0 saturated heterocycles.